The maximum absolute atomic E-state index is 12.2. The van der Waals surface area contributed by atoms with Crippen LogP contribution in [0.1, 0.15) is 36.5 Å². The second-order valence-corrected chi connectivity index (χ2v) is 8.82. The number of aryl methyl sites for hydroxylation is 1. The van der Waals surface area contributed by atoms with Crippen LogP contribution in [0.5, 0.6) is 0 Å². The normalized spacial score (nSPS) is 14.5. The van der Waals surface area contributed by atoms with Crippen LogP contribution in [0.2, 0.25) is 5.02 Å². The van der Waals surface area contributed by atoms with Gasteiger partial charge in [-0.3, -0.25) is 4.79 Å². The fourth-order valence-electron chi connectivity index (χ4n) is 3.20. The van der Waals surface area contributed by atoms with E-state index in [1.807, 2.05) is 30.0 Å². The van der Waals surface area contributed by atoms with Gasteiger partial charge in [0.1, 0.15) is 0 Å². The third kappa shape index (κ3) is 5.22. The molecule has 1 aliphatic heterocycles. The Morgan fingerprint density at radius 2 is 2.00 bits per heavy atom. The fraction of sp³-hybridized carbons (Fsp3) is 0.286. The van der Waals surface area contributed by atoms with E-state index in [4.69, 9.17) is 11.6 Å². The second-order valence-electron chi connectivity index (χ2n) is 6.73. The van der Waals surface area contributed by atoms with Crippen LogP contribution in [-0.4, -0.2) is 20.9 Å². The molecule has 0 saturated heterocycles. The first-order valence-corrected chi connectivity index (χ1v) is 11.2. The Bertz CT molecular complexity index is 1000. The monoisotopic (exact) mass is 418 g/mol. The minimum Gasteiger partial charge on any atom is -0.312 e. The predicted octanol–water partition coefficient (Wildman–Crippen LogP) is 4.12. The lowest BCUT2D eigenvalue weighted by atomic mass is 9.98. The molecule has 1 amide bonds. The molecule has 2 aromatic carbocycles. The number of hydrogen-bond donors (Lipinski definition) is 1. The van der Waals surface area contributed by atoms with Crippen LogP contribution < -0.4 is 9.62 Å². The van der Waals surface area contributed by atoms with Crippen LogP contribution in [0.15, 0.2) is 47.9 Å². The van der Waals surface area contributed by atoms with Gasteiger partial charge in [-0.05, 0) is 53.8 Å². The highest BCUT2D eigenvalue weighted by atomic mass is 35.5. The molecule has 0 aromatic heterocycles. The van der Waals surface area contributed by atoms with Crippen molar-refractivity contribution in [2.45, 2.75) is 32.7 Å². The van der Waals surface area contributed by atoms with Gasteiger partial charge in [-0.15, -0.1) is 0 Å². The molecule has 0 spiro atoms. The van der Waals surface area contributed by atoms with Crippen molar-refractivity contribution in [1.29, 1.82) is 0 Å². The van der Waals surface area contributed by atoms with Crippen LogP contribution in [0.25, 0.3) is 6.08 Å². The summed E-state index contributed by atoms with van der Waals surface area (Å²) in [6.45, 7) is 2.94. The zero-order valence-corrected chi connectivity index (χ0v) is 17.3. The van der Waals surface area contributed by atoms with Gasteiger partial charge in [0.2, 0.25) is 15.9 Å². The maximum atomic E-state index is 12.2. The number of anilines is 1. The third-order valence-corrected chi connectivity index (χ3v) is 5.83. The Morgan fingerprint density at radius 3 is 2.75 bits per heavy atom. The Hall–Kier alpha value is -2.15. The lowest BCUT2D eigenvalue weighted by Crippen LogP contribution is -2.35. The van der Waals surface area contributed by atoms with Crippen molar-refractivity contribution in [3.63, 3.8) is 0 Å². The topological polar surface area (TPSA) is 66.5 Å². The minimum absolute atomic E-state index is 0.147. The highest BCUT2D eigenvalue weighted by Crippen LogP contribution is 2.29. The van der Waals surface area contributed by atoms with E-state index in [0.717, 1.165) is 28.6 Å². The Morgan fingerprint density at radius 1 is 1.18 bits per heavy atom. The van der Waals surface area contributed by atoms with E-state index in [1.165, 1.54) is 6.08 Å². The summed E-state index contributed by atoms with van der Waals surface area (Å²) in [6.07, 6.45) is 3.58. The molecule has 0 atom stereocenters. The number of sulfonamides is 1. The van der Waals surface area contributed by atoms with Crippen LogP contribution in [0.3, 0.4) is 0 Å². The standard InChI is InChI=1S/C21H23ClN2O3S/c1-2-11-24-20-8-6-17(13-18(20)7-9-21(24)25)15-23-28(26,27)12-10-16-4-3-5-19(22)14-16/h3-6,8,10,12-14,23H,2,7,9,11,15H2,1H3/b12-10+. The highest BCUT2D eigenvalue weighted by Gasteiger charge is 2.23. The zero-order chi connectivity index (χ0) is 20.1. The minimum atomic E-state index is -3.58. The number of rotatable bonds is 7. The molecule has 3 rings (SSSR count). The molecule has 0 unspecified atom stereocenters. The third-order valence-electron chi connectivity index (χ3n) is 4.56. The van der Waals surface area contributed by atoms with Gasteiger partial charge in [0.05, 0.1) is 0 Å². The van der Waals surface area contributed by atoms with Gasteiger partial charge in [0.25, 0.3) is 0 Å². The van der Waals surface area contributed by atoms with Crippen molar-refractivity contribution in [1.82, 2.24) is 4.72 Å². The van der Waals surface area contributed by atoms with Crippen molar-refractivity contribution in [3.8, 4) is 0 Å². The predicted molar refractivity (Wildman–Crippen MR) is 114 cm³/mol. The first-order chi connectivity index (χ1) is 13.4. The van der Waals surface area contributed by atoms with Gasteiger partial charge >= 0.3 is 0 Å². The summed E-state index contributed by atoms with van der Waals surface area (Å²) in [6, 6.07) is 12.7. The van der Waals surface area contributed by atoms with E-state index in [2.05, 4.69) is 4.72 Å². The number of carbonyl (C=O) groups is 1. The lowest BCUT2D eigenvalue weighted by Gasteiger charge is -2.29. The molecule has 1 N–H and O–H groups in total. The van der Waals surface area contributed by atoms with E-state index in [9.17, 15) is 13.2 Å². The first-order valence-electron chi connectivity index (χ1n) is 9.23. The van der Waals surface area contributed by atoms with Gasteiger partial charge in [-0.25, -0.2) is 13.1 Å². The summed E-state index contributed by atoms with van der Waals surface area (Å²) in [5, 5.41) is 1.69. The molecule has 0 radical (unpaired) electrons. The number of nitrogens with one attached hydrogen (secondary N) is 1. The van der Waals surface area contributed by atoms with Crippen LogP contribution in [0.4, 0.5) is 5.69 Å². The van der Waals surface area contributed by atoms with Gasteiger partial charge in [0.15, 0.2) is 0 Å². The van der Waals surface area contributed by atoms with Crippen molar-refractivity contribution in [2.75, 3.05) is 11.4 Å². The van der Waals surface area contributed by atoms with E-state index >= 15 is 0 Å². The summed E-state index contributed by atoms with van der Waals surface area (Å²) in [5.41, 5.74) is 3.60. The Kier molecular flexibility index (Phi) is 6.54. The number of halogens is 1. The Balaban J connectivity index is 1.68. The molecular formula is C21H23ClN2O3S. The molecular weight excluding hydrogens is 396 g/mol. The van der Waals surface area contributed by atoms with Gasteiger partial charge in [-0.2, -0.15) is 0 Å². The molecule has 0 bridgehead atoms. The first kappa shape index (κ1) is 20.6. The van der Waals surface area contributed by atoms with E-state index in [1.54, 1.807) is 24.3 Å². The molecule has 0 aliphatic carbocycles. The van der Waals surface area contributed by atoms with Crippen molar-refractivity contribution < 1.29 is 13.2 Å². The number of hydrogen-bond acceptors (Lipinski definition) is 3. The summed E-state index contributed by atoms with van der Waals surface area (Å²) < 4.78 is 27.1. The number of benzene rings is 2. The molecule has 0 saturated carbocycles. The molecule has 1 heterocycles. The summed E-state index contributed by atoms with van der Waals surface area (Å²) in [7, 11) is -3.58. The van der Waals surface area contributed by atoms with Crippen molar-refractivity contribution in [3.05, 3.63) is 69.6 Å². The lowest BCUT2D eigenvalue weighted by molar-refractivity contribution is -0.118. The zero-order valence-electron chi connectivity index (χ0n) is 15.7. The second kappa shape index (κ2) is 8.90. The van der Waals surface area contributed by atoms with Crippen LogP contribution in [0, 0.1) is 0 Å². The molecule has 28 heavy (non-hydrogen) atoms. The van der Waals surface area contributed by atoms with Crippen LogP contribution >= 0.6 is 11.6 Å². The highest BCUT2D eigenvalue weighted by molar-refractivity contribution is 7.92. The SMILES string of the molecule is CCCN1C(=O)CCc2cc(CNS(=O)(=O)/C=C/c3cccc(Cl)c3)ccc21. The number of fused-ring (bicyclic) bond motifs is 1. The average Bonchev–Trinajstić information content (AvgIpc) is 2.67. The molecule has 5 nitrogen and oxygen atoms in total. The quantitative estimate of drug-likeness (QED) is 0.735. The van der Waals surface area contributed by atoms with Gasteiger partial charge < -0.3 is 4.90 Å². The number of amides is 1. The van der Waals surface area contributed by atoms with Crippen LogP contribution in [-0.2, 0) is 27.8 Å². The smallest absolute Gasteiger partial charge is 0.234 e. The molecule has 0 fully saturated rings. The molecule has 7 heteroatoms. The largest absolute Gasteiger partial charge is 0.312 e. The molecule has 1 aliphatic rings. The van der Waals surface area contributed by atoms with Gasteiger partial charge in [-0.1, -0.05) is 42.8 Å². The summed E-state index contributed by atoms with van der Waals surface area (Å²) >= 11 is 5.91. The summed E-state index contributed by atoms with van der Waals surface area (Å²) in [5.74, 6) is 0.147. The van der Waals surface area contributed by atoms with Crippen molar-refractivity contribution in [2.24, 2.45) is 0 Å². The van der Waals surface area contributed by atoms with E-state index in [0.29, 0.717) is 30.0 Å². The molecule has 2 aromatic rings. The summed E-state index contributed by atoms with van der Waals surface area (Å²) in [4.78, 5) is 13.9. The average molecular weight is 419 g/mol. The number of nitrogens with zero attached hydrogens (tertiary/aromatic N) is 1. The van der Waals surface area contributed by atoms with E-state index in [-0.39, 0.29) is 12.5 Å². The fourth-order valence-corrected chi connectivity index (χ4v) is 4.20. The molecule has 148 valence electrons. The van der Waals surface area contributed by atoms with Gasteiger partial charge in [0, 0.05) is 35.6 Å². The Labute approximate surface area is 171 Å². The van der Waals surface area contributed by atoms with E-state index < -0.39 is 10.0 Å². The number of carbonyl (C=O) groups excluding carboxylic acids is 1. The van der Waals surface area contributed by atoms with Crippen molar-refractivity contribution >= 4 is 39.3 Å². The maximum Gasteiger partial charge on any atom is 0.234 e.